The Morgan fingerprint density at radius 2 is 1.76 bits per heavy atom. The van der Waals surface area contributed by atoms with Crippen LogP contribution in [0.2, 0.25) is 0 Å². The van der Waals surface area contributed by atoms with Crippen LogP contribution in [-0.2, 0) is 6.61 Å². The predicted molar refractivity (Wildman–Crippen MR) is 129 cm³/mol. The van der Waals surface area contributed by atoms with Gasteiger partial charge in [0.2, 0.25) is 0 Å². The summed E-state index contributed by atoms with van der Waals surface area (Å²) >= 11 is 3.40. The van der Waals surface area contributed by atoms with Crippen molar-refractivity contribution in [3.05, 3.63) is 111 Å². The number of amides is 1. The van der Waals surface area contributed by atoms with E-state index in [4.69, 9.17) is 13.9 Å². The lowest BCUT2D eigenvalue weighted by Gasteiger charge is -2.10. The third-order valence-electron chi connectivity index (χ3n) is 4.77. The number of hydrogen-bond acceptors (Lipinski definition) is 6. The summed E-state index contributed by atoms with van der Waals surface area (Å²) in [4.78, 5) is 23.5. The molecule has 4 rings (SSSR count). The maximum atomic E-state index is 12.7. The molecule has 0 aliphatic rings. The van der Waals surface area contributed by atoms with Gasteiger partial charge in [-0.3, -0.25) is 14.9 Å². The summed E-state index contributed by atoms with van der Waals surface area (Å²) in [5.74, 6) is 1.35. The van der Waals surface area contributed by atoms with Gasteiger partial charge in [0.1, 0.15) is 29.6 Å². The van der Waals surface area contributed by atoms with Gasteiger partial charge in [-0.15, -0.1) is 0 Å². The molecule has 9 heteroatoms. The van der Waals surface area contributed by atoms with E-state index in [9.17, 15) is 14.9 Å². The zero-order chi connectivity index (χ0) is 24.1. The first kappa shape index (κ1) is 23.1. The molecular weight excluding hydrogens is 504 g/mol. The average molecular weight is 523 g/mol. The first-order valence-electron chi connectivity index (χ1n) is 10.2. The fourth-order valence-electron chi connectivity index (χ4n) is 3.10. The second kappa shape index (κ2) is 10.2. The number of halogens is 1. The fourth-order valence-corrected chi connectivity index (χ4v) is 3.50. The van der Waals surface area contributed by atoms with Crippen molar-refractivity contribution in [2.24, 2.45) is 0 Å². The molecule has 0 bridgehead atoms. The number of ether oxygens (including phenoxy) is 2. The third-order valence-corrected chi connectivity index (χ3v) is 5.43. The van der Waals surface area contributed by atoms with E-state index >= 15 is 0 Å². The Kier molecular flexibility index (Phi) is 6.93. The summed E-state index contributed by atoms with van der Waals surface area (Å²) in [6.07, 6.45) is 0. The minimum atomic E-state index is -0.561. The molecule has 172 valence electrons. The van der Waals surface area contributed by atoms with Crippen LogP contribution in [0.15, 0.2) is 87.8 Å². The average Bonchev–Trinajstić information content (AvgIpc) is 3.29. The van der Waals surface area contributed by atoms with Gasteiger partial charge >= 0.3 is 0 Å². The molecule has 1 heterocycles. The van der Waals surface area contributed by atoms with Crippen LogP contribution in [0, 0.1) is 17.0 Å². The van der Waals surface area contributed by atoms with Crippen LogP contribution in [0.3, 0.4) is 0 Å². The van der Waals surface area contributed by atoms with Crippen molar-refractivity contribution in [1.82, 2.24) is 0 Å². The van der Waals surface area contributed by atoms with Gasteiger partial charge in [0.05, 0.1) is 21.1 Å². The number of aryl methyl sites for hydroxylation is 1. The van der Waals surface area contributed by atoms with Gasteiger partial charge in [-0.2, -0.15) is 0 Å². The Hall–Kier alpha value is -4.11. The molecule has 0 fully saturated rings. The first-order valence-corrected chi connectivity index (χ1v) is 11.0. The van der Waals surface area contributed by atoms with E-state index in [1.165, 1.54) is 24.3 Å². The van der Waals surface area contributed by atoms with Crippen LogP contribution in [0.4, 0.5) is 11.4 Å². The summed E-state index contributed by atoms with van der Waals surface area (Å²) in [5.41, 5.74) is 0.848. The Morgan fingerprint density at radius 3 is 2.50 bits per heavy atom. The largest absolute Gasteiger partial charge is 0.484 e. The number of carbonyl (C=O) groups excluding carboxylic acids is 1. The van der Waals surface area contributed by atoms with Gasteiger partial charge in [0, 0.05) is 12.1 Å². The van der Waals surface area contributed by atoms with Crippen molar-refractivity contribution in [3.63, 3.8) is 0 Å². The molecule has 0 atom stereocenters. The van der Waals surface area contributed by atoms with Crippen LogP contribution >= 0.6 is 15.9 Å². The van der Waals surface area contributed by atoms with Gasteiger partial charge in [-0.05, 0) is 58.7 Å². The van der Waals surface area contributed by atoms with Crippen molar-refractivity contribution >= 4 is 33.2 Å². The van der Waals surface area contributed by atoms with E-state index in [2.05, 4.69) is 21.2 Å². The molecule has 4 aromatic rings. The Morgan fingerprint density at radius 1 is 1.03 bits per heavy atom. The number of nitrogens with one attached hydrogen (secondary N) is 1. The lowest BCUT2D eigenvalue weighted by molar-refractivity contribution is -0.384. The Labute approximate surface area is 203 Å². The van der Waals surface area contributed by atoms with Gasteiger partial charge in [0.25, 0.3) is 11.6 Å². The monoisotopic (exact) mass is 522 g/mol. The van der Waals surface area contributed by atoms with E-state index in [-0.39, 0.29) is 29.5 Å². The molecule has 0 radical (unpaired) electrons. The summed E-state index contributed by atoms with van der Waals surface area (Å²) in [6, 6.07) is 21.9. The van der Waals surface area contributed by atoms with Crippen molar-refractivity contribution in [2.75, 3.05) is 5.32 Å². The zero-order valence-electron chi connectivity index (χ0n) is 18.0. The molecule has 0 spiro atoms. The third kappa shape index (κ3) is 5.62. The second-order valence-corrected chi connectivity index (χ2v) is 8.13. The second-order valence-electron chi connectivity index (χ2n) is 7.28. The van der Waals surface area contributed by atoms with E-state index in [0.29, 0.717) is 17.3 Å². The number of rotatable bonds is 8. The van der Waals surface area contributed by atoms with E-state index < -0.39 is 10.8 Å². The normalized spacial score (nSPS) is 10.5. The Bertz CT molecular complexity index is 1350. The standard InChI is InChI=1S/C25H19BrN2O6/c1-16-6-2-4-8-22(16)34-20-13-17(12-18(14-20)28(30)31)27-25(29)24-11-10-19(33-24)15-32-23-9-5-3-7-21(23)26/h2-14H,15H2,1H3,(H,27,29). The number of non-ortho nitro benzene ring substituents is 1. The van der Waals surface area contributed by atoms with Crippen molar-refractivity contribution in [2.45, 2.75) is 13.5 Å². The molecule has 1 amide bonds. The van der Waals surface area contributed by atoms with Gasteiger partial charge in [-0.25, -0.2) is 0 Å². The molecule has 1 aromatic heterocycles. The van der Waals surface area contributed by atoms with Gasteiger partial charge < -0.3 is 19.2 Å². The molecule has 0 saturated carbocycles. The lowest BCUT2D eigenvalue weighted by Crippen LogP contribution is -2.11. The number of nitro benzene ring substituents is 1. The highest BCUT2D eigenvalue weighted by molar-refractivity contribution is 9.10. The Balaban J connectivity index is 1.48. The van der Waals surface area contributed by atoms with Gasteiger partial charge in [-0.1, -0.05) is 30.3 Å². The van der Waals surface area contributed by atoms with E-state index in [1.807, 2.05) is 37.3 Å². The number of benzene rings is 3. The first-order chi connectivity index (χ1) is 16.4. The highest BCUT2D eigenvalue weighted by Gasteiger charge is 2.17. The topological polar surface area (TPSA) is 104 Å². The van der Waals surface area contributed by atoms with Gasteiger partial charge in [0.15, 0.2) is 5.76 Å². The molecule has 34 heavy (non-hydrogen) atoms. The maximum Gasteiger partial charge on any atom is 0.291 e. The minimum absolute atomic E-state index is 0.0404. The highest BCUT2D eigenvalue weighted by Crippen LogP contribution is 2.31. The predicted octanol–water partition coefficient (Wildman–Crippen LogP) is 6.88. The number of furan rings is 1. The summed E-state index contributed by atoms with van der Waals surface area (Å²) < 4.78 is 17.9. The summed E-state index contributed by atoms with van der Waals surface area (Å²) in [5, 5.41) is 14.0. The highest BCUT2D eigenvalue weighted by atomic mass is 79.9. The molecule has 8 nitrogen and oxygen atoms in total. The zero-order valence-corrected chi connectivity index (χ0v) is 19.6. The molecule has 0 aliphatic heterocycles. The van der Waals surface area contributed by atoms with Crippen LogP contribution < -0.4 is 14.8 Å². The fraction of sp³-hybridized carbons (Fsp3) is 0.0800. The van der Waals surface area contributed by atoms with Crippen LogP contribution in [0.1, 0.15) is 21.9 Å². The van der Waals surface area contributed by atoms with E-state index in [0.717, 1.165) is 10.0 Å². The van der Waals surface area contributed by atoms with Crippen LogP contribution in [0.25, 0.3) is 0 Å². The molecule has 0 unspecified atom stereocenters. The number of carbonyl (C=O) groups is 1. The van der Waals surface area contributed by atoms with Crippen LogP contribution in [0.5, 0.6) is 17.2 Å². The molecule has 0 saturated heterocycles. The van der Waals surface area contributed by atoms with E-state index in [1.54, 1.807) is 24.3 Å². The van der Waals surface area contributed by atoms with Crippen LogP contribution in [-0.4, -0.2) is 10.8 Å². The SMILES string of the molecule is Cc1ccccc1Oc1cc(NC(=O)c2ccc(COc3ccccc3Br)o2)cc([N+](=O)[O-])c1. The molecular formula is C25H19BrN2O6. The summed E-state index contributed by atoms with van der Waals surface area (Å²) in [7, 11) is 0. The summed E-state index contributed by atoms with van der Waals surface area (Å²) in [6.45, 7) is 1.99. The number of hydrogen-bond donors (Lipinski definition) is 1. The van der Waals surface area contributed by atoms with Crippen molar-refractivity contribution in [3.8, 4) is 17.2 Å². The number of para-hydroxylation sites is 2. The minimum Gasteiger partial charge on any atom is -0.484 e. The number of nitrogens with zero attached hydrogens (tertiary/aromatic N) is 1. The molecule has 1 N–H and O–H groups in total. The maximum absolute atomic E-state index is 12.7. The molecule has 3 aromatic carbocycles. The lowest BCUT2D eigenvalue weighted by atomic mass is 10.2. The molecule has 0 aliphatic carbocycles. The quantitative estimate of drug-likeness (QED) is 0.199. The van der Waals surface area contributed by atoms with Crippen molar-refractivity contribution < 1.29 is 23.6 Å². The number of nitro groups is 1. The van der Waals surface area contributed by atoms with Crippen molar-refractivity contribution in [1.29, 1.82) is 0 Å². The smallest absolute Gasteiger partial charge is 0.291 e. The number of anilines is 1.